The molecule has 0 aliphatic carbocycles. The van der Waals surface area contributed by atoms with Crippen LogP contribution in [-0.4, -0.2) is 39.7 Å². The monoisotopic (exact) mass is 375 g/mol. The summed E-state index contributed by atoms with van der Waals surface area (Å²) in [5, 5.41) is 11.1. The van der Waals surface area contributed by atoms with Gasteiger partial charge >= 0.3 is 5.97 Å². The van der Waals surface area contributed by atoms with Crippen molar-refractivity contribution in [2.75, 3.05) is 13.1 Å². The number of aliphatic carboxylic acids is 1. The topological polar surface area (TPSA) is 57.6 Å². The lowest BCUT2D eigenvalue weighted by Gasteiger charge is -2.41. The first-order chi connectivity index (χ1) is 12.1. The van der Waals surface area contributed by atoms with Crippen molar-refractivity contribution in [3.8, 4) is 0 Å². The van der Waals surface area contributed by atoms with Gasteiger partial charge in [-0.15, -0.1) is 23.1 Å². The third-order valence-electron chi connectivity index (χ3n) is 4.59. The van der Waals surface area contributed by atoms with Crippen molar-refractivity contribution in [3.63, 3.8) is 0 Å². The molecular formula is C19H21NO3S2. The third kappa shape index (κ3) is 4.64. The molecule has 0 unspecified atom stereocenters. The van der Waals surface area contributed by atoms with E-state index in [0.29, 0.717) is 25.1 Å². The Balaban J connectivity index is 1.68. The summed E-state index contributed by atoms with van der Waals surface area (Å²) >= 11 is 3.48. The van der Waals surface area contributed by atoms with Crippen LogP contribution in [0.3, 0.4) is 0 Å². The number of thioether (sulfide) groups is 1. The number of nitrogens with zero attached hydrogens (tertiary/aromatic N) is 1. The maximum atomic E-state index is 12.6. The van der Waals surface area contributed by atoms with Gasteiger partial charge in [0.15, 0.2) is 0 Å². The highest BCUT2D eigenvalue weighted by atomic mass is 32.2. The largest absolute Gasteiger partial charge is 0.481 e. The zero-order valence-corrected chi connectivity index (χ0v) is 15.5. The van der Waals surface area contributed by atoms with Gasteiger partial charge in [-0.1, -0.05) is 24.3 Å². The van der Waals surface area contributed by atoms with E-state index in [2.05, 4.69) is 6.07 Å². The summed E-state index contributed by atoms with van der Waals surface area (Å²) in [6.45, 7) is 1.34. The summed E-state index contributed by atoms with van der Waals surface area (Å²) in [4.78, 5) is 25.6. The van der Waals surface area contributed by atoms with Crippen LogP contribution in [0.15, 0.2) is 52.1 Å². The van der Waals surface area contributed by atoms with Crippen molar-refractivity contribution < 1.29 is 14.7 Å². The molecule has 1 saturated heterocycles. The first-order valence-corrected chi connectivity index (χ1v) is 10.1. The number of rotatable bonds is 6. The predicted octanol–water partition coefficient (Wildman–Crippen LogP) is 4.38. The molecule has 2 aromatic rings. The van der Waals surface area contributed by atoms with Gasteiger partial charge in [-0.3, -0.25) is 9.59 Å². The molecule has 1 fully saturated rings. The zero-order chi connectivity index (χ0) is 17.7. The van der Waals surface area contributed by atoms with Gasteiger partial charge < -0.3 is 10.0 Å². The molecule has 4 nitrogen and oxygen atoms in total. The molecule has 25 heavy (non-hydrogen) atoms. The maximum Gasteiger partial charge on any atom is 0.303 e. The average molecular weight is 376 g/mol. The van der Waals surface area contributed by atoms with E-state index in [0.717, 1.165) is 12.8 Å². The molecule has 0 bridgehead atoms. The van der Waals surface area contributed by atoms with E-state index in [4.69, 9.17) is 5.11 Å². The van der Waals surface area contributed by atoms with Crippen LogP contribution in [0, 0.1) is 0 Å². The van der Waals surface area contributed by atoms with E-state index in [1.54, 1.807) is 23.1 Å². The highest BCUT2D eigenvalue weighted by Gasteiger charge is 2.37. The molecule has 0 saturated carbocycles. The van der Waals surface area contributed by atoms with Crippen LogP contribution in [0.4, 0.5) is 0 Å². The number of carboxylic acids is 1. The first-order valence-electron chi connectivity index (χ1n) is 8.37. The predicted molar refractivity (Wildman–Crippen MR) is 101 cm³/mol. The molecule has 6 heteroatoms. The Morgan fingerprint density at radius 3 is 2.44 bits per heavy atom. The summed E-state index contributed by atoms with van der Waals surface area (Å²) in [6.07, 6.45) is 2.45. The number of amides is 1. The van der Waals surface area contributed by atoms with Crippen LogP contribution >= 0.6 is 23.1 Å². The van der Waals surface area contributed by atoms with E-state index >= 15 is 0 Å². The second-order valence-corrected chi connectivity index (χ2v) is 8.99. The molecule has 1 aromatic heterocycles. The highest BCUT2D eigenvalue weighted by molar-refractivity contribution is 8.02. The van der Waals surface area contributed by atoms with E-state index in [-0.39, 0.29) is 17.1 Å². The standard InChI is InChI=1S/C19H21NO3S2/c21-16(22)8-9-19(25-17-7-4-14-24-17)10-12-20(13-11-19)18(23)15-5-2-1-3-6-15/h1-7,14H,8-13H2,(H,21,22). The molecule has 3 rings (SSSR count). The number of carbonyl (C=O) groups excluding carboxylic acids is 1. The number of likely N-dealkylation sites (tertiary alicyclic amines) is 1. The van der Waals surface area contributed by atoms with Crippen LogP contribution in [0.5, 0.6) is 0 Å². The Kier molecular flexibility index (Phi) is 5.81. The van der Waals surface area contributed by atoms with Crippen molar-refractivity contribution in [3.05, 3.63) is 53.4 Å². The van der Waals surface area contributed by atoms with E-state index in [1.807, 2.05) is 46.7 Å². The smallest absolute Gasteiger partial charge is 0.303 e. The Morgan fingerprint density at radius 2 is 1.84 bits per heavy atom. The lowest BCUT2D eigenvalue weighted by atomic mass is 9.90. The Labute approximate surface area is 155 Å². The van der Waals surface area contributed by atoms with Gasteiger partial charge in [0.1, 0.15) is 0 Å². The van der Waals surface area contributed by atoms with Crippen molar-refractivity contribution in [2.45, 2.75) is 34.6 Å². The molecule has 132 valence electrons. The Bertz CT molecular complexity index is 708. The quantitative estimate of drug-likeness (QED) is 0.814. The summed E-state index contributed by atoms with van der Waals surface area (Å²) in [7, 11) is 0. The van der Waals surface area contributed by atoms with Crippen LogP contribution in [0.1, 0.15) is 36.0 Å². The van der Waals surface area contributed by atoms with Gasteiger partial charge in [0.2, 0.25) is 0 Å². The zero-order valence-electron chi connectivity index (χ0n) is 13.9. The summed E-state index contributed by atoms with van der Waals surface area (Å²) in [5.74, 6) is -0.692. The van der Waals surface area contributed by atoms with Crippen LogP contribution in [-0.2, 0) is 4.79 Å². The molecule has 0 atom stereocenters. The second-order valence-electron chi connectivity index (χ2n) is 6.27. The number of hydrogen-bond donors (Lipinski definition) is 1. The summed E-state index contributed by atoms with van der Waals surface area (Å²) in [6, 6.07) is 13.4. The van der Waals surface area contributed by atoms with Gasteiger partial charge in [0.05, 0.1) is 4.21 Å². The van der Waals surface area contributed by atoms with Gasteiger partial charge in [-0.2, -0.15) is 0 Å². The second kappa shape index (κ2) is 8.06. The number of thiophene rings is 1. The summed E-state index contributed by atoms with van der Waals surface area (Å²) in [5.41, 5.74) is 0.714. The lowest BCUT2D eigenvalue weighted by molar-refractivity contribution is -0.137. The number of piperidine rings is 1. The summed E-state index contributed by atoms with van der Waals surface area (Å²) < 4.78 is 1.12. The van der Waals surface area contributed by atoms with Crippen LogP contribution < -0.4 is 0 Å². The van der Waals surface area contributed by atoms with E-state index < -0.39 is 5.97 Å². The fourth-order valence-electron chi connectivity index (χ4n) is 3.15. The van der Waals surface area contributed by atoms with E-state index in [1.165, 1.54) is 4.21 Å². The molecule has 1 aromatic carbocycles. The van der Waals surface area contributed by atoms with Crippen molar-refractivity contribution in [1.82, 2.24) is 4.90 Å². The van der Waals surface area contributed by atoms with Crippen molar-refractivity contribution in [1.29, 1.82) is 0 Å². The maximum absolute atomic E-state index is 12.6. The minimum Gasteiger partial charge on any atom is -0.481 e. The Morgan fingerprint density at radius 1 is 1.12 bits per heavy atom. The number of hydrogen-bond acceptors (Lipinski definition) is 4. The number of benzene rings is 1. The van der Waals surface area contributed by atoms with Crippen molar-refractivity contribution in [2.24, 2.45) is 0 Å². The minimum atomic E-state index is -0.756. The SMILES string of the molecule is O=C(O)CCC1(Sc2cccs2)CCN(C(=O)c2ccccc2)CC1. The highest BCUT2D eigenvalue weighted by Crippen LogP contribution is 2.45. The molecule has 2 heterocycles. The fraction of sp³-hybridized carbons (Fsp3) is 0.368. The van der Waals surface area contributed by atoms with Gasteiger partial charge in [-0.25, -0.2) is 0 Å². The molecular weight excluding hydrogens is 354 g/mol. The Hall–Kier alpha value is -1.79. The molecule has 0 spiro atoms. The fourth-order valence-corrected chi connectivity index (χ4v) is 5.66. The molecule has 1 aliphatic rings. The van der Waals surface area contributed by atoms with Crippen molar-refractivity contribution >= 4 is 35.0 Å². The minimum absolute atomic E-state index is 0.0635. The molecule has 0 radical (unpaired) electrons. The van der Waals surface area contributed by atoms with Gasteiger partial charge in [-0.05, 0) is 42.8 Å². The number of carbonyl (C=O) groups is 2. The number of carboxylic acid groups (broad SMARTS) is 1. The van der Waals surface area contributed by atoms with Crippen LogP contribution in [0.2, 0.25) is 0 Å². The first kappa shape index (κ1) is 18.0. The average Bonchev–Trinajstić information content (AvgIpc) is 3.14. The van der Waals surface area contributed by atoms with Gasteiger partial charge in [0.25, 0.3) is 5.91 Å². The lowest BCUT2D eigenvalue weighted by Crippen LogP contribution is -2.45. The molecule has 1 aliphatic heterocycles. The molecule has 1 amide bonds. The van der Waals surface area contributed by atoms with E-state index in [9.17, 15) is 9.59 Å². The normalized spacial score (nSPS) is 16.6. The molecule has 1 N–H and O–H groups in total. The third-order valence-corrected chi connectivity index (χ3v) is 7.17. The van der Waals surface area contributed by atoms with Crippen LogP contribution in [0.25, 0.3) is 0 Å². The van der Waals surface area contributed by atoms with Gasteiger partial charge in [0, 0.05) is 29.8 Å².